The molecule has 3 heteroatoms. The van der Waals surface area contributed by atoms with E-state index >= 15 is 0 Å². The maximum Gasteiger partial charge on any atom is 0.229 e. The molecule has 0 saturated heterocycles. The summed E-state index contributed by atoms with van der Waals surface area (Å²) in [7, 11) is 0. The van der Waals surface area contributed by atoms with Crippen molar-refractivity contribution in [2.45, 2.75) is 73.1 Å². The Morgan fingerprint density at radius 3 is 1.94 bits per heavy atom. The van der Waals surface area contributed by atoms with Gasteiger partial charge in [-0.25, -0.2) is 0 Å². The average molecular weight is 240 g/mol. The van der Waals surface area contributed by atoms with Crippen molar-refractivity contribution < 1.29 is 4.52 Å². The van der Waals surface area contributed by atoms with E-state index in [1.807, 2.05) is 34.6 Å². The van der Waals surface area contributed by atoms with Gasteiger partial charge in [0.05, 0.1) is 0 Å². The largest absolute Gasteiger partial charge is 0.339 e. The number of rotatable bonds is 1. The SMILES string of the molecule is CC.CC.Cc1noc(C2CCC(C)CC2)n1. The van der Waals surface area contributed by atoms with Gasteiger partial charge in [0, 0.05) is 5.92 Å². The molecule has 0 aromatic carbocycles. The second-order valence-corrected chi connectivity index (χ2v) is 4.14. The minimum absolute atomic E-state index is 0.525. The molecule has 17 heavy (non-hydrogen) atoms. The first-order chi connectivity index (χ1) is 8.25. The minimum Gasteiger partial charge on any atom is -0.339 e. The fraction of sp³-hybridized carbons (Fsp3) is 0.857. The summed E-state index contributed by atoms with van der Waals surface area (Å²) in [5, 5.41) is 3.82. The zero-order valence-electron chi connectivity index (χ0n) is 12.3. The lowest BCUT2D eigenvalue weighted by molar-refractivity contribution is 0.280. The molecule has 0 radical (unpaired) electrons. The van der Waals surface area contributed by atoms with Gasteiger partial charge in [-0.15, -0.1) is 0 Å². The predicted molar refractivity (Wildman–Crippen MR) is 72.1 cm³/mol. The molecule has 1 fully saturated rings. The Kier molecular flexibility index (Phi) is 8.73. The van der Waals surface area contributed by atoms with Crippen LogP contribution in [0.15, 0.2) is 4.52 Å². The Hall–Kier alpha value is -0.860. The quantitative estimate of drug-likeness (QED) is 0.712. The minimum atomic E-state index is 0.525. The standard InChI is InChI=1S/C10H16N2O.2C2H6/c1-7-3-5-9(6-4-7)10-11-8(2)12-13-10;2*1-2/h7,9H,3-6H2,1-2H3;2*1-2H3. The number of hydrogen-bond donors (Lipinski definition) is 0. The Morgan fingerprint density at radius 2 is 1.53 bits per heavy atom. The highest BCUT2D eigenvalue weighted by molar-refractivity contribution is 4.94. The zero-order chi connectivity index (χ0) is 13.3. The molecule has 0 atom stereocenters. The van der Waals surface area contributed by atoms with Gasteiger partial charge < -0.3 is 4.52 Å². The monoisotopic (exact) mass is 240 g/mol. The third kappa shape index (κ3) is 5.33. The van der Waals surface area contributed by atoms with Gasteiger partial charge in [-0.05, 0) is 38.5 Å². The normalized spacial score (nSPS) is 22.9. The maximum absolute atomic E-state index is 5.18. The zero-order valence-corrected chi connectivity index (χ0v) is 12.3. The van der Waals surface area contributed by atoms with E-state index in [1.165, 1.54) is 25.7 Å². The summed E-state index contributed by atoms with van der Waals surface area (Å²) in [6.45, 7) is 12.2. The Morgan fingerprint density at radius 1 is 1.00 bits per heavy atom. The summed E-state index contributed by atoms with van der Waals surface area (Å²) >= 11 is 0. The number of nitrogens with zero attached hydrogens (tertiary/aromatic N) is 2. The molecule has 1 aromatic rings. The number of hydrogen-bond acceptors (Lipinski definition) is 3. The molecule has 0 aliphatic heterocycles. The smallest absolute Gasteiger partial charge is 0.229 e. The van der Waals surface area contributed by atoms with Crippen LogP contribution in [-0.2, 0) is 0 Å². The van der Waals surface area contributed by atoms with E-state index in [0.717, 1.165) is 17.6 Å². The van der Waals surface area contributed by atoms with E-state index < -0.39 is 0 Å². The third-order valence-corrected chi connectivity index (χ3v) is 2.91. The number of aryl methyl sites for hydroxylation is 1. The van der Waals surface area contributed by atoms with Gasteiger partial charge in [0.25, 0.3) is 0 Å². The molecule has 1 aliphatic carbocycles. The summed E-state index contributed by atoms with van der Waals surface area (Å²) in [5.41, 5.74) is 0. The van der Waals surface area contributed by atoms with E-state index in [0.29, 0.717) is 5.92 Å². The summed E-state index contributed by atoms with van der Waals surface area (Å²) in [4.78, 5) is 4.28. The molecule has 1 saturated carbocycles. The van der Waals surface area contributed by atoms with E-state index in [2.05, 4.69) is 17.1 Å². The van der Waals surface area contributed by atoms with Crippen molar-refractivity contribution in [3.8, 4) is 0 Å². The van der Waals surface area contributed by atoms with E-state index in [-0.39, 0.29) is 0 Å². The van der Waals surface area contributed by atoms with Gasteiger partial charge in [0.2, 0.25) is 5.89 Å². The van der Waals surface area contributed by atoms with E-state index in [9.17, 15) is 0 Å². The van der Waals surface area contributed by atoms with Crippen LogP contribution < -0.4 is 0 Å². The molecule has 0 amide bonds. The molecule has 0 unspecified atom stereocenters. The molecule has 1 heterocycles. The average Bonchev–Trinajstić information content (AvgIpc) is 2.82. The maximum atomic E-state index is 5.18. The van der Waals surface area contributed by atoms with Gasteiger partial charge in [-0.3, -0.25) is 0 Å². The highest BCUT2D eigenvalue weighted by atomic mass is 16.5. The molecular weight excluding hydrogens is 212 g/mol. The van der Waals surface area contributed by atoms with Crippen molar-refractivity contribution in [3.63, 3.8) is 0 Å². The molecule has 0 bridgehead atoms. The second kappa shape index (κ2) is 9.20. The van der Waals surface area contributed by atoms with Crippen molar-refractivity contribution in [2.75, 3.05) is 0 Å². The van der Waals surface area contributed by atoms with Crippen LogP contribution in [0.2, 0.25) is 0 Å². The molecule has 3 nitrogen and oxygen atoms in total. The van der Waals surface area contributed by atoms with Crippen LogP contribution >= 0.6 is 0 Å². The molecule has 1 aromatic heterocycles. The van der Waals surface area contributed by atoms with Gasteiger partial charge in [-0.1, -0.05) is 39.8 Å². The van der Waals surface area contributed by atoms with E-state index in [1.54, 1.807) is 0 Å². The first-order valence-corrected chi connectivity index (χ1v) is 7.06. The first-order valence-electron chi connectivity index (χ1n) is 7.06. The van der Waals surface area contributed by atoms with Gasteiger partial charge in [0.1, 0.15) is 0 Å². The highest BCUT2D eigenvalue weighted by Crippen LogP contribution is 2.34. The Bertz CT molecular complexity index is 276. The summed E-state index contributed by atoms with van der Waals surface area (Å²) < 4.78 is 5.18. The van der Waals surface area contributed by atoms with Gasteiger partial charge in [0.15, 0.2) is 5.82 Å². The fourth-order valence-corrected chi connectivity index (χ4v) is 1.99. The summed E-state index contributed by atoms with van der Waals surface area (Å²) in [6, 6.07) is 0. The summed E-state index contributed by atoms with van der Waals surface area (Å²) in [5.74, 6) is 3.01. The lowest BCUT2D eigenvalue weighted by atomic mass is 9.83. The second-order valence-electron chi connectivity index (χ2n) is 4.14. The Labute approximate surface area is 106 Å². The van der Waals surface area contributed by atoms with Crippen LogP contribution in [0.3, 0.4) is 0 Å². The van der Waals surface area contributed by atoms with Crippen LogP contribution in [0.5, 0.6) is 0 Å². The fourth-order valence-electron chi connectivity index (χ4n) is 1.99. The van der Waals surface area contributed by atoms with Crippen molar-refractivity contribution in [3.05, 3.63) is 11.7 Å². The van der Waals surface area contributed by atoms with Crippen LogP contribution in [0.25, 0.3) is 0 Å². The first kappa shape index (κ1) is 16.1. The highest BCUT2D eigenvalue weighted by Gasteiger charge is 2.23. The Balaban J connectivity index is 0.000000581. The molecule has 0 N–H and O–H groups in total. The molecule has 0 spiro atoms. The lowest BCUT2D eigenvalue weighted by Crippen LogP contribution is -2.10. The van der Waals surface area contributed by atoms with Gasteiger partial charge >= 0.3 is 0 Å². The molecular formula is C14H28N2O. The van der Waals surface area contributed by atoms with Crippen molar-refractivity contribution >= 4 is 0 Å². The van der Waals surface area contributed by atoms with Crippen molar-refractivity contribution in [1.82, 2.24) is 10.1 Å². The number of aromatic nitrogens is 2. The van der Waals surface area contributed by atoms with Crippen LogP contribution in [0.1, 0.15) is 77.9 Å². The lowest BCUT2D eigenvalue weighted by Gasteiger charge is -2.22. The van der Waals surface area contributed by atoms with Gasteiger partial charge in [-0.2, -0.15) is 4.98 Å². The molecule has 2 rings (SSSR count). The van der Waals surface area contributed by atoms with Crippen molar-refractivity contribution in [1.29, 1.82) is 0 Å². The van der Waals surface area contributed by atoms with Crippen LogP contribution in [0.4, 0.5) is 0 Å². The van der Waals surface area contributed by atoms with E-state index in [4.69, 9.17) is 4.52 Å². The molecule has 100 valence electrons. The topological polar surface area (TPSA) is 38.9 Å². The van der Waals surface area contributed by atoms with Crippen LogP contribution in [-0.4, -0.2) is 10.1 Å². The predicted octanol–water partition coefficient (Wildman–Crippen LogP) is 4.72. The van der Waals surface area contributed by atoms with Crippen molar-refractivity contribution in [2.24, 2.45) is 5.92 Å². The third-order valence-electron chi connectivity index (χ3n) is 2.91. The summed E-state index contributed by atoms with van der Waals surface area (Å²) in [6.07, 6.45) is 5.02. The molecule has 1 aliphatic rings. The van der Waals surface area contributed by atoms with Crippen LogP contribution in [0, 0.1) is 12.8 Å².